The number of rotatable bonds is 7. The van der Waals surface area contributed by atoms with Gasteiger partial charge in [-0.1, -0.05) is 60.7 Å². The van der Waals surface area contributed by atoms with Crippen molar-refractivity contribution in [2.45, 2.75) is 19.0 Å². The Labute approximate surface area is 142 Å². The number of benzene rings is 2. The third-order valence-electron chi connectivity index (χ3n) is 3.74. The first-order valence-corrected chi connectivity index (χ1v) is 7.91. The Morgan fingerprint density at radius 3 is 2.12 bits per heavy atom. The second kappa shape index (κ2) is 8.84. The smallest absolute Gasteiger partial charge is 0.242 e. The molecule has 5 nitrogen and oxygen atoms in total. The second-order valence-corrected chi connectivity index (χ2v) is 5.75. The Morgan fingerprint density at radius 2 is 1.54 bits per heavy atom. The third-order valence-corrected chi connectivity index (χ3v) is 3.74. The zero-order valence-electron chi connectivity index (χ0n) is 13.8. The van der Waals surface area contributed by atoms with Gasteiger partial charge in [0.05, 0.1) is 12.6 Å². The standard InChI is InChI=1S/C19H23N3O2/c1-22(14-16-10-6-3-7-11-16)18(23)13-21-19(24)17(20)12-15-8-4-2-5-9-15/h2-11,17H,12-14,20H2,1H3,(H,21,24)/t17-/m0/s1. The van der Waals surface area contributed by atoms with Gasteiger partial charge in [0.25, 0.3) is 0 Å². The predicted molar refractivity (Wildman–Crippen MR) is 94.0 cm³/mol. The van der Waals surface area contributed by atoms with Gasteiger partial charge in [0, 0.05) is 13.6 Å². The lowest BCUT2D eigenvalue weighted by atomic mass is 10.1. The molecule has 0 aliphatic heterocycles. The fraction of sp³-hybridized carbons (Fsp3) is 0.263. The normalized spacial score (nSPS) is 11.6. The van der Waals surface area contributed by atoms with E-state index >= 15 is 0 Å². The van der Waals surface area contributed by atoms with Crippen LogP contribution in [0.1, 0.15) is 11.1 Å². The molecule has 2 amide bonds. The number of nitrogens with one attached hydrogen (secondary N) is 1. The van der Waals surface area contributed by atoms with Crippen LogP contribution in [0.3, 0.4) is 0 Å². The van der Waals surface area contributed by atoms with Crippen LogP contribution in [-0.4, -0.2) is 36.3 Å². The first-order valence-electron chi connectivity index (χ1n) is 7.91. The molecule has 0 saturated carbocycles. The van der Waals surface area contributed by atoms with E-state index in [1.165, 1.54) is 0 Å². The summed E-state index contributed by atoms with van der Waals surface area (Å²) in [7, 11) is 1.71. The molecular formula is C19H23N3O2. The van der Waals surface area contributed by atoms with Gasteiger partial charge in [-0.25, -0.2) is 0 Å². The van der Waals surface area contributed by atoms with E-state index in [0.29, 0.717) is 13.0 Å². The number of nitrogens with zero attached hydrogens (tertiary/aromatic N) is 1. The van der Waals surface area contributed by atoms with Crippen LogP contribution in [0, 0.1) is 0 Å². The summed E-state index contributed by atoms with van der Waals surface area (Å²) >= 11 is 0. The molecule has 0 saturated heterocycles. The van der Waals surface area contributed by atoms with Gasteiger partial charge in [-0.2, -0.15) is 0 Å². The molecule has 5 heteroatoms. The van der Waals surface area contributed by atoms with Crippen LogP contribution in [0.15, 0.2) is 60.7 Å². The van der Waals surface area contributed by atoms with Crippen molar-refractivity contribution >= 4 is 11.8 Å². The SMILES string of the molecule is CN(Cc1ccccc1)C(=O)CNC(=O)[C@@H](N)Cc1ccccc1. The highest BCUT2D eigenvalue weighted by atomic mass is 16.2. The number of nitrogens with two attached hydrogens (primary N) is 1. The van der Waals surface area contributed by atoms with Crippen LogP contribution in [-0.2, 0) is 22.6 Å². The Hall–Kier alpha value is -2.66. The van der Waals surface area contributed by atoms with Gasteiger partial charge in [-0.3, -0.25) is 9.59 Å². The molecule has 2 aromatic rings. The highest BCUT2D eigenvalue weighted by Crippen LogP contribution is 2.03. The van der Waals surface area contributed by atoms with Gasteiger partial charge in [0.2, 0.25) is 11.8 Å². The summed E-state index contributed by atoms with van der Waals surface area (Å²) in [5.74, 6) is -0.473. The van der Waals surface area contributed by atoms with Crippen molar-refractivity contribution in [3.8, 4) is 0 Å². The number of hydrogen-bond acceptors (Lipinski definition) is 3. The van der Waals surface area contributed by atoms with E-state index in [1.54, 1.807) is 11.9 Å². The first-order chi connectivity index (χ1) is 11.6. The van der Waals surface area contributed by atoms with Crippen LogP contribution in [0.4, 0.5) is 0 Å². The molecule has 2 rings (SSSR count). The molecule has 0 bridgehead atoms. The lowest BCUT2D eigenvalue weighted by molar-refractivity contribution is -0.132. The number of carbonyl (C=O) groups excluding carboxylic acids is 2. The largest absolute Gasteiger partial charge is 0.346 e. The Balaban J connectivity index is 1.77. The van der Waals surface area contributed by atoms with E-state index in [2.05, 4.69) is 5.32 Å². The summed E-state index contributed by atoms with van der Waals surface area (Å²) in [5, 5.41) is 2.61. The average Bonchev–Trinajstić information content (AvgIpc) is 2.61. The van der Waals surface area contributed by atoms with Crippen LogP contribution in [0.2, 0.25) is 0 Å². The zero-order valence-corrected chi connectivity index (χ0v) is 13.8. The molecule has 0 aromatic heterocycles. The fourth-order valence-corrected chi connectivity index (χ4v) is 2.33. The quantitative estimate of drug-likeness (QED) is 0.806. The minimum Gasteiger partial charge on any atom is -0.346 e. The van der Waals surface area contributed by atoms with E-state index in [-0.39, 0.29) is 18.4 Å². The van der Waals surface area contributed by atoms with Crippen LogP contribution >= 0.6 is 0 Å². The van der Waals surface area contributed by atoms with Crippen molar-refractivity contribution in [3.63, 3.8) is 0 Å². The average molecular weight is 325 g/mol. The molecule has 0 aliphatic carbocycles. The molecule has 1 atom stereocenters. The van der Waals surface area contributed by atoms with Crippen LogP contribution in [0.25, 0.3) is 0 Å². The van der Waals surface area contributed by atoms with E-state index in [0.717, 1.165) is 11.1 Å². The predicted octanol–water partition coefficient (Wildman–Crippen LogP) is 1.33. The second-order valence-electron chi connectivity index (χ2n) is 5.75. The lowest BCUT2D eigenvalue weighted by Gasteiger charge is -2.18. The van der Waals surface area contributed by atoms with Gasteiger partial charge in [0.1, 0.15) is 0 Å². The van der Waals surface area contributed by atoms with Gasteiger partial charge in [0.15, 0.2) is 0 Å². The maximum Gasteiger partial charge on any atom is 0.242 e. The molecule has 0 unspecified atom stereocenters. The summed E-state index contributed by atoms with van der Waals surface area (Å²) in [6.07, 6.45) is 0.445. The van der Waals surface area contributed by atoms with Crippen LogP contribution in [0.5, 0.6) is 0 Å². The van der Waals surface area contributed by atoms with Crippen molar-refractivity contribution in [3.05, 3.63) is 71.8 Å². The van der Waals surface area contributed by atoms with E-state index < -0.39 is 6.04 Å². The molecule has 0 spiro atoms. The number of amides is 2. The monoisotopic (exact) mass is 325 g/mol. The highest BCUT2D eigenvalue weighted by Gasteiger charge is 2.16. The first kappa shape index (κ1) is 17.7. The Morgan fingerprint density at radius 1 is 1.00 bits per heavy atom. The van der Waals surface area contributed by atoms with E-state index in [9.17, 15) is 9.59 Å². The molecule has 2 aromatic carbocycles. The highest BCUT2D eigenvalue weighted by molar-refractivity contribution is 5.87. The van der Waals surface area contributed by atoms with Crippen molar-refractivity contribution in [2.24, 2.45) is 5.73 Å². The topological polar surface area (TPSA) is 75.4 Å². The summed E-state index contributed by atoms with van der Waals surface area (Å²) in [6.45, 7) is 0.455. The van der Waals surface area contributed by atoms with Crippen molar-refractivity contribution in [2.75, 3.05) is 13.6 Å². The van der Waals surface area contributed by atoms with Crippen molar-refractivity contribution in [1.29, 1.82) is 0 Å². The van der Waals surface area contributed by atoms with Gasteiger partial charge in [-0.05, 0) is 17.5 Å². The van der Waals surface area contributed by atoms with E-state index in [1.807, 2.05) is 60.7 Å². The summed E-state index contributed by atoms with van der Waals surface area (Å²) in [6, 6.07) is 18.6. The molecule has 0 heterocycles. The van der Waals surface area contributed by atoms with Gasteiger partial charge in [-0.15, -0.1) is 0 Å². The minimum absolute atomic E-state index is 0.0509. The summed E-state index contributed by atoms with van der Waals surface area (Å²) in [4.78, 5) is 25.7. The molecule has 126 valence electrons. The maximum atomic E-state index is 12.1. The zero-order chi connectivity index (χ0) is 17.4. The summed E-state index contributed by atoms with van der Waals surface area (Å²) < 4.78 is 0. The molecule has 24 heavy (non-hydrogen) atoms. The lowest BCUT2D eigenvalue weighted by Crippen LogP contribution is -2.46. The van der Waals surface area contributed by atoms with E-state index in [4.69, 9.17) is 5.73 Å². The Bertz CT molecular complexity index is 599. The number of carbonyl (C=O) groups is 2. The summed E-state index contributed by atoms with van der Waals surface area (Å²) in [5.41, 5.74) is 7.93. The Kier molecular flexibility index (Phi) is 6.51. The fourth-order valence-electron chi connectivity index (χ4n) is 2.33. The van der Waals surface area contributed by atoms with Crippen LogP contribution < -0.4 is 11.1 Å². The molecule has 3 N–H and O–H groups in total. The van der Waals surface area contributed by atoms with Gasteiger partial charge >= 0.3 is 0 Å². The molecule has 0 aliphatic rings. The van der Waals surface area contributed by atoms with Crippen molar-refractivity contribution < 1.29 is 9.59 Å². The third kappa shape index (κ3) is 5.52. The number of hydrogen-bond donors (Lipinski definition) is 2. The molecule has 0 fully saturated rings. The van der Waals surface area contributed by atoms with Crippen molar-refractivity contribution in [1.82, 2.24) is 10.2 Å². The minimum atomic E-state index is -0.667. The van der Waals surface area contributed by atoms with Gasteiger partial charge < -0.3 is 16.0 Å². The maximum absolute atomic E-state index is 12.1. The molecular weight excluding hydrogens is 302 g/mol. The number of likely N-dealkylation sites (N-methyl/N-ethyl adjacent to an activating group) is 1. The molecule has 0 radical (unpaired) electrons.